The molecule has 1 unspecified atom stereocenters. The Morgan fingerprint density at radius 2 is 2.50 bits per heavy atom. The van der Waals surface area contributed by atoms with Crippen LogP contribution in [0.25, 0.3) is 11.4 Å². The van der Waals surface area contributed by atoms with Crippen molar-refractivity contribution in [3.8, 4) is 11.4 Å². The number of aromatic nitrogens is 2. The fraction of sp³-hybridized carbons (Fsp3) is 0.308. The number of thiophene rings is 1. The lowest BCUT2D eigenvalue weighted by Crippen LogP contribution is -2.39. The Balaban J connectivity index is 2.04. The monoisotopic (exact) mass is 291 g/mol. The van der Waals surface area contributed by atoms with Gasteiger partial charge in [0.1, 0.15) is 11.5 Å². The molecule has 0 fully saturated rings. The Morgan fingerprint density at radius 1 is 1.65 bits per heavy atom. The number of nitrogens with one attached hydrogen (secondary N) is 1. The fourth-order valence-electron chi connectivity index (χ4n) is 2.34. The van der Waals surface area contributed by atoms with Crippen LogP contribution in [0.15, 0.2) is 23.0 Å². The summed E-state index contributed by atoms with van der Waals surface area (Å²) in [5.74, 6) is 0.243. The molecule has 0 saturated carbocycles. The highest BCUT2D eigenvalue weighted by molar-refractivity contribution is 7.08. The van der Waals surface area contributed by atoms with Crippen molar-refractivity contribution >= 4 is 23.2 Å². The highest BCUT2D eigenvalue weighted by atomic mass is 32.1. The third-order valence-corrected chi connectivity index (χ3v) is 3.99. The van der Waals surface area contributed by atoms with Gasteiger partial charge in [0.05, 0.1) is 25.8 Å². The second-order valence-corrected chi connectivity index (χ2v) is 5.27. The predicted molar refractivity (Wildman–Crippen MR) is 73.5 cm³/mol. The Labute approximate surface area is 119 Å². The normalized spacial score (nSPS) is 17.4. The lowest BCUT2D eigenvalue weighted by Gasteiger charge is -2.26. The number of hydrogen-bond acceptors (Lipinski definition) is 5. The van der Waals surface area contributed by atoms with Gasteiger partial charge in [0.2, 0.25) is 0 Å². The molecule has 1 aliphatic rings. The van der Waals surface area contributed by atoms with Crippen LogP contribution in [0, 0.1) is 0 Å². The van der Waals surface area contributed by atoms with Crippen LogP contribution in [0.1, 0.15) is 23.0 Å². The quantitative estimate of drug-likeness (QED) is 0.869. The molecule has 0 spiro atoms. The molecule has 6 nitrogen and oxygen atoms in total. The summed E-state index contributed by atoms with van der Waals surface area (Å²) in [7, 11) is 1.36. The minimum atomic E-state index is -0.304. The van der Waals surface area contributed by atoms with Gasteiger partial charge in [-0.15, -0.1) is 0 Å². The van der Waals surface area contributed by atoms with E-state index in [0.717, 1.165) is 5.56 Å². The summed E-state index contributed by atoms with van der Waals surface area (Å²) in [5, 5.41) is 6.69. The average Bonchev–Trinajstić information content (AvgIpc) is 3.09. The number of hydrogen-bond donors (Lipinski definition) is 1. The van der Waals surface area contributed by atoms with E-state index < -0.39 is 0 Å². The Bertz CT molecular complexity index is 648. The van der Waals surface area contributed by atoms with Gasteiger partial charge in [-0.1, -0.05) is 0 Å². The Kier molecular flexibility index (Phi) is 3.27. The molecule has 0 radical (unpaired) electrons. The van der Waals surface area contributed by atoms with Crippen molar-refractivity contribution in [1.29, 1.82) is 0 Å². The van der Waals surface area contributed by atoms with E-state index in [-0.39, 0.29) is 24.3 Å². The van der Waals surface area contributed by atoms with Crippen LogP contribution in [-0.2, 0) is 9.53 Å². The van der Waals surface area contributed by atoms with Gasteiger partial charge in [-0.3, -0.25) is 9.59 Å². The van der Waals surface area contributed by atoms with Crippen molar-refractivity contribution in [1.82, 2.24) is 14.9 Å². The van der Waals surface area contributed by atoms with Crippen LogP contribution in [0.3, 0.4) is 0 Å². The van der Waals surface area contributed by atoms with Crippen molar-refractivity contribution in [3.63, 3.8) is 0 Å². The smallest absolute Gasteiger partial charge is 0.307 e. The maximum atomic E-state index is 11.9. The minimum absolute atomic E-state index is 0.167. The Morgan fingerprint density at radius 3 is 3.20 bits per heavy atom. The number of esters is 1. The molecule has 3 heterocycles. The molecule has 0 saturated heterocycles. The molecule has 2 aromatic rings. The number of rotatable bonds is 3. The van der Waals surface area contributed by atoms with E-state index in [0.29, 0.717) is 18.1 Å². The lowest BCUT2D eigenvalue weighted by atomic mass is 10.1. The lowest BCUT2D eigenvalue weighted by molar-refractivity contribution is -0.141. The predicted octanol–water partition coefficient (Wildman–Crippen LogP) is 1.46. The van der Waals surface area contributed by atoms with E-state index in [1.54, 1.807) is 17.5 Å². The highest BCUT2D eigenvalue weighted by Gasteiger charge is 2.30. The molecule has 104 valence electrons. The van der Waals surface area contributed by atoms with Crippen molar-refractivity contribution in [2.24, 2.45) is 0 Å². The van der Waals surface area contributed by atoms with E-state index in [2.05, 4.69) is 10.3 Å². The summed E-state index contributed by atoms with van der Waals surface area (Å²) >= 11 is 1.56. The van der Waals surface area contributed by atoms with Gasteiger partial charge in [0, 0.05) is 17.5 Å². The first kappa shape index (κ1) is 12.9. The summed E-state index contributed by atoms with van der Waals surface area (Å²) in [6, 6.07) is 1.77. The van der Waals surface area contributed by atoms with Crippen molar-refractivity contribution in [2.75, 3.05) is 13.7 Å². The fourth-order valence-corrected chi connectivity index (χ4v) is 2.97. The van der Waals surface area contributed by atoms with Crippen LogP contribution in [0.2, 0.25) is 0 Å². The summed E-state index contributed by atoms with van der Waals surface area (Å²) in [6.07, 6.45) is 1.75. The van der Waals surface area contributed by atoms with Crippen molar-refractivity contribution in [3.05, 3.63) is 28.7 Å². The van der Waals surface area contributed by atoms with Gasteiger partial charge in [0.25, 0.3) is 5.91 Å². The van der Waals surface area contributed by atoms with Gasteiger partial charge < -0.3 is 14.6 Å². The molecule has 0 aliphatic carbocycles. The number of carbonyl (C=O) groups excluding carboxylic acids is 2. The van der Waals surface area contributed by atoms with Gasteiger partial charge >= 0.3 is 5.97 Å². The van der Waals surface area contributed by atoms with Crippen molar-refractivity contribution in [2.45, 2.75) is 12.5 Å². The zero-order chi connectivity index (χ0) is 14.1. The second-order valence-electron chi connectivity index (χ2n) is 4.49. The van der Waals surface area contributed by atoms with Crippen LogP contribution in [0.5, 0.6) is 0 Å². The molecular weight excluding hydrogens is 278 g/mol. The molecule has 1 amide bonds. The zero-order valence-electron chi connectivity index (χ0n) is 10.8. The first-order valence-corrected chi connectivity index (χ1v) is 7.10. The molecule has 0 bridgehead atoms. The van der Waals surface area contributed by atoms with Crippen molar-refractivity contribution < 1.29 is 14.3 Å². The third kappa shape index (κ3) is 2.09. The summed E-state index contributed by atoms with van der Waals surface area (Å²) in [4.78, 5) is 27.7. The van der Waals surface area contributed by atoms with Crippen LogP contribution < -0.4 is 5.32 Å². The largest absolute Gasteiger partial charge is 0.469 e. The summed E-state index contributed by atoms with van der Waals surface area (Å²) in [5.41, 5.74) is 1.43. The minimum Gasteiger partial charge on any atom is -0.469 e. The molecule has 1 aliphatic heterocycles. The number of amides is 1. The number of imidazole rings is 1. The third-order valence-electron chi connectivity index (χ3n) is 3.30. The summed E-state index contributed by atoms with van der Waals surface area (Å²) in [6.45, 7) is 0.397. The number of nitrogens with zero attached hydrogens (tertiary/aromatic N) is 2. The van der Waals surface area contributed by atoms with E-state index in [4.69, 9.17) is 4.74 Å². The van der Waals surface area contributed by atoms with Crippen LogP contribution in [-0.4, -0.2) is 35.1 Å². The van der Waals surface area contributed by atoms with Crippen LogP contribution >= 0.6 is 11.3 Å². The van der Waals surface area contributed by atoms with Gasteiger partial charge in [-0.25, -0.2) is 4.98 Å². The maximum Gasteiger partial charge on any atom is 0.307 e. The second kappa shape index (κ2) is 5.09. The summed E-state index contributed by atoms with van der Waals surface area (Å²) < 4.78 is 6.55. The van der Waals surface area contributed by atoms with Gasteiger partial charge in [-0.2, -0.15) is 11.3 Å². The molecule has 7 heteroatoms. The number of methoxy groups -OCH3 is 1. The maximum absolute atomic E-state index is 11.9. The van der Waals surface area contributed by atoms with Gasteiger partial charge in [0.15, 0.2) is 0 Å². The molecule has 2 aromatic heterocycles. The van der Waals surface area contributed by atoms with Crippen LogP contribution in [0.4, 0.5) is 0 Å². The van der Waals surface area contributed by atoms with E-state index >= 15 is 0 Å². The molecule has 3 rings (SSSR count). The number of ether oxygens (including phenoxy) is 1. The number of fused-ring (bicyclic) bond motifs is 1. The topological polar surface area (TPSA) is 73.2 Å². The average molecular weight is 291 g/mol. The van der Waals surface area contributed by atoms with E-state index in [1.807, 2.05) is 21.4 Å². The number of carbonyl (C=O) groups is 2. The van der Waals surface area contributed by atoms with E-state index in [9.17, 15) is 9.59 Å². The first-order chi connectivity index (χ1) is 9.70. The Hall–Kier alpha value is -2.15. The van der Waals surface area contributed by atoms with Gasteiger partial charge in [-0.05, 0) is 11.4 Å². The molecule has 0 aromatic carbocycles. The SMILES string of the molecule is COC(=O)CC1CNC(=O)c2cnc(-c3ccsc3)n21. The zero-order valence-corrected chi connectivity index (χ0v) is 11.6. The molecule has 20 heavy (non-hydrogen) atoms. The molecule has 1 N–H and O–H groups in total. The molecule has 1 atom stereocenters. The molecular formula is C13H13N3O3S. The standard InChI is InChI=1S/C13H13N3O3S/c1-19-11(17)4-9-5-15-13(18)10-6-14-12(16(9)10)8-2-3-20-7-8/h2-3,6-7,9H,4-5H2,1H3,(H,15,18). The highest BCUT2D eigenvalue weighted by Crippen LogP contribution is 2.29. The first-order valence-electron chi connectivity index (χ1n) is 6.15. The van der Waals surface area contributed by atoms with E-state index in [1.165, 1.54) is 7.11 Å².